The van der Waals surface area contributed by atoms with Crippen LogP contribution in [-0.2, 0) is 9.59 Å². The number of amides is 2. The van der Waals surface area contributed by atoms with Crippen molar-refractivity contribution in [3.8, 4) is 0 Å². The highest BCUT2D eigenvalue weighted by Gasteiger charge is 2.12. The van der Waals surface area contributed by atoms with Crippen molar-refractivity contribution in [2.75, 3.05) is 23.4 Å². The summed E-state index contributed by atoms with van der Waals surface area (Å²) in [6.45, 7) is 4.43. The van der Waals surface area contributed by atoms with Crippen LogP contribution >= 0.6 is 34.9 Å². The molecule has 0 spiro atoms. The maximum atomic E-state index is 13.7. The van der Waals surface area contributed by atoms with Gasteiger partial charge in [0.15, 0.2) is 8.68 Å². The fraction of sp³-hybridized carbons (Fsp3) is 0.375. The summed E-state index contributed by atoms with van der Waals surface area (Å²) in [7, 11) is 0. The van der Waals surface area contributed by atoms with Crippen LogP contribution in [0.2, 0.25) is 0 Å². The molecule has 2 aromatic rings. The Morgan fingerprint density at radius 2 is 1.81 bits per heavy atom. The predicted octanol–water partition coefficient (Wildman–Crippen LogP) is 3.33. The van der Waals surface area contributed by atoms with Gasteiger partial charge in [0, 0.05) is 6.54 Å². The third-order valence-corrected chi connectivity index (χ3v) is 6.20. The number of carbonyl (C=O) groups excluding carboxylic acids is 2. The first kappa shape index (κ1) is 20.7. The number of nitrogens with zero attached hydrogens (tertiary/aromatic N) is 2. The highest BCUT2D eigenvalue weighted by atomic mass is 32.2. The normalized spacial score (nSPS) is 10.6. The van der Waals surface area contributed by atoms with Crippen molar-refractivity contribution >= 4 is 52.4 Å². The summed E-state index contributed by atoms with van der Waals surface area (Å²) < 4.78 is 15.0. The predicted molar refractivity (Wildman–Crippen MR) is 104 cm³/mol. The number of thioether (sulfide) groups is 2. The molecule has 0 unspecified atom stereocenters. The Kier molecular flexibility index (Phi) is 8.33. The number of carbonyl (C=O) groups is 2. The van der Waals surface area contributed by atoms with E-state index in [-0.39, 0.29) is 29.0 Å². The minimum absolute atomic E-state index is 0.0410. The molecule has 0 saturated heterocycles. The lowest BCUT2D eigenvalue weighted by molar-refractivity contribution is -0.118. The zero-order valence-electron chi connectivity index (χ0n) is 14.4. The standard InChI is InChI=1S/C16H19FN4O2S3/c1-3-6-18-13(22)8-24-15-20-21-16(26-15)25-9-14(23)19-12-5-4-10(2)7-11(12)17/h4-5,7H,3,6,8-9H2,1-2H3,(H,18,22)(H,19,23). The summed E-state index contributed by atoms with van der Waals surface area (Å²) >= 11 is 3.85. The van der Waals surface area contributed by atoms with Crippen LogP contribution in [0.15, 0.2) is 26.9 Å². The number of hydrogen-bond donors (Lipinski definition) is 2. The number of anilines is 1. The van der Waals surface area contributed by atoms with Gasteiger partial charge < -0.3 is 10.6 Å². The summed E-state index contributed by atoms with van der Waals surface area (Å²) in [5.41, 5.74) is 0.949. The molecular formula is C16H19FN4O2S3. The second-order valence-corrected chi connectivity index (χ2v) is 8.72. The van der Waals surface area contributed by atoms with E-state index in [9.17, 15) is 14.0 Å². The van der Waals surface area contributed by atoms with Crippen LogP contribution in [-0.4, -0.2) is 40.1 Å². The molecule has 1 aromatic heterocycles. The second-order valence-electron chi connectivity index (χ2n) is 5.29. The third kappa shape index (κ3) is 6.93. The third-order valence-electron chi connectivity index (χ3n) is 3.01. The van der Waals surface area contributed by atoms with Gasteiger partial charge in [-0.05, 0) is 31.0 Å². The SMILES string of the molecule is CCCNC(=O)CSc1nnc(SCC(=O)Nc2ccc(C)cc2F)s1. The van der Waals surface area contributed by atoms with Crippen molar-refractivity contribution in [2.24, 2.45) is 0 Å². The van der Waals surface area contributed by atoms with Crippen molar-refractivity contribution in [3.05, 3.63) is 29.6 Å². The van der Waals surface area contributed by atoms with Crippen LogP contribution in [0.4, 0.5) is 10.1 Å². The van der Waals surface area contributed by atoms with E-state index in [1.54, 1.807) is 13.0 Å². The van der Waals surface area contributed by atoms with E-state index in [1.165, 1.54) is 47.0 Å². The molecule has 1 heterocycles. The molecule has 2 N–H and O–H groups in total. The Balaban J connectivity index is 1.76. The van der Waals surface area contributed by atoms with Gasteiger partial charge in [-0.2, -0.15) is 0 Å². The lowest BCUT2D eigenvalue weighted by Crippen LogP contribution is -2.25. The largest absolute Gasteiger partial charge is 0.355 e. The maximum Gasteiger partial charge on any atom is 0.234 e. The fourth-order valence-corrected chi connectivity index (χ4v) is 4.44. The van der Waals surface area contributed by atoms with E-state index in [1.807, 2.05) is 6.92 Å². The van der Waals surface area contributed by atoms with Crippen LogP contribution in [0.5, 0.6) is 0 Å². The maximum absolute atomic E-state index is 13.7. The van der Waals surface area contributed by atoms with E-state index < -0.39 is 5.82 Å². The van der Waals surface area contributed by atoms with Crippen molar-refractivity contribution < 1.29 is 14.0 Å². The molecule has 0 aliphatic carbocycles. The van der Waals surface area contributed by atoms with E-state index in [2.05, 4.69) is 20.8 Å². The monoisotopic (exact) mass is 414 g/mol. The molecule has 0 aliphatic rings. The summed E-state index contributed by atoms with van der Waals surface area (Å²) in [5.74, 6) is -0.433. The summed E-state index contributed by atoms with van der Waals surface area (Å²) in [5, 5.41) is 13.3. The highest BCUT2D eigenvalue weighted by molar-refractivity contribution is 8.03. The van der Waals surface area contributed by atoms with Gasteiger partial charge >= 0.3 is 0 Å². The Labute approximate surface area is 163 Å². The minimum atomic E-state index is -0.459. The molecule has 140 valence electrons. The van der Waals surface area contributed by atoms with Gasteiger partial charge in [0.25, 0.3) is 0 Å². The molecule has 26 heavy (non-hydrogen) atoms. The topological polar surface area (TPSA) is 84.0 Å². The van der Waals surface area contributed by atoms with Gasteiger partial charge in [0.2, 0.25) is 11.8 Å². The van der Waals surface area contributed by atoms with Crippen LogP contribution < -0.4 is 10.6 Å². The van der Waals surface area contributed by atoms with E-state index in [0.717, 1.165) is 12.0 Å². The summed E-state index contributed by atoms with van der Waals surface area (Å²) in [6.07, 6.45) is 0.893. The molecular weight excluding hydrogens is 395 g/mol. The number of aromatic nitrogens is 2. The van der Waals surface area contributed by atoms with E-state index in [0.29, 0.717) is 15.2 Å². The number of aryl methyl sites for hydroxylation is 1. The Morgan fingerprint density at radius 1 is 1.15 bits per heavy atom. The van der Waals surface area contributed by atoms with Gasteiger partial charge in [0.05, 0.1) is 17.2 Å². The summed E-state index contributed by atoms with van der Waals surface area (Å²) in [4.78, 5) is 23.5. The average molecular weight is 415 g/mol. The van der Waals surface area contributed by atoms with Gasteiger partial charge in [-0.25, -0.2) is 4.39 Å². The van der Waals surface area contributed by atoms with E-state index >= 15 is 0 Å². The molecule has 2 rings (SSSR count). The van der Waals surface area contributed by atoms with Crippen molar-refractivity contribution in [1.29, 1.82) is 0 Å². The molecule has 6 nitrogen and oxygen atoms in total. The number of rotatable bonds is 9. The lowest BCUT2D eigenvalue weighted by atomic mass is 10.2. The fourth-order valence-electron chi connectivity index (χ4n) is 1.79. The molecule has 0 atom stereocenters. The molecule has 2 amide bonds. The lowest BCUT2D eigenvalue weighted by Gasteiger charge is -2.06. The van der Waals surface area contributed by atoms with Crippen molar-refractivity contribution in [2.45, 2.75) is 28.9 Å². The smallest absolute Gasteiger partial charge is 0.234 e. The van der Waals surface area contributed by atoms with Gasteiger partial charge in [0.1, 0.15) is 5.82 Å². The van der Waals surface area contributed by atoms with Crippen molar-refractivity contribution in [3.63, 3.8) is 0 Å². The van der Waals surface area contributed by atoms with Crippen molar-refractivity contribution in [1.82, 2.24) is 15.5 Å². The summed E-state index contributed by atoms with van der Waals surface area (Å²) in [6, 6.07) is 4.64. The van der Waals surface area contributed by atoms with Crippen LogP contribution in [0.1, 0.15) is 18.9 Å². The first-order valence-electron chi connectivity index (χ1n) is 7.89. The molecule has 0 bridgehead atoms. The van der Waals surface area contributed by atoms with E-state index in [4.69, 9.17) is 0 Å². The first-order valence-corrected chi connectivity index (χ1v) is 10.7. The van der Waals surface area contributed by atoms with Crippen LogP contribution in [0.3, 0.4) is 0 Å². The molecule has 10 heteroatoms. The minimum Gasteiger partial charge on any atom is -0.355 e. The van der Waals surface area contributed by atoms with Gasteiger partial charge in [-0.15, -0.1) is 10.2 Å². The average Bonchev–Trinajstić information content (AvgIpc) is 3.07. The quantitative estimate of drug-likeness (QED) is 0.613. The zero-order chi connectivity index (χ0) is 18.9. The second kappa shape index (κ2) is 10.5. The first-order chi connectivity index (χ1) is 12.5. The van der Waals surface area contributed by atoms with Crippen LogP contribution in [0.25, 0.3) is 0 Å². The Morgan fingerprint density at radius 3 is 2.42 bits per heavy atom. The van der Waals surface area contributed by atoms with Gasteiger partial charge in [-0.3, -0.25) is 9.59 Å². The van der Waals surface area contributed by atoms with Gasteiger partial charge in [-0.1, -0.05) is 47.9 Å². The molecule has 0 radical (unpaired) electrons. The highest BCUT2D eigenvalue weighted by Crippen LogP contribution is 2.28. The Hall–Kier alpha value is -1.65. The molecule has 1 aromatic carbocycles. The number of hydrogen-bond acceptors (Lipinski definition) is 7. The number of halogens is 1. The molecule has 0 fully saturated rings. The Bertz CT molecular complexity index is 770. The van der Waals surface area contributed by atoms with Crippen LogP contribution in [0, 0.1) is 12.7 Å². The number of benzene rings is 1. The molecule has 0 saturated carbocycles. The number of nitrogens with one attached hydrogen (secondary N) is 2. The zero-order valence-corrected chi connectivity index (χ0v) is 16.8. The molecule has 0 aliphatic heterocycles.